The van der Waals surface area contributed by atoms with Crippen LogP contribution in [0.15, 0.2) is 64.3 Å². The number of fused-ring (bicyclic) bond motifs is 1. The fraction of sp³-hybridized carbons (Fsp3) is 0.160. The first-order valence-electron chi connectivity index (χ1n) is 10.7. The molecule has 9 nitrogen and oxygen atoms in total. The van der Waals surface area contributed by atoms with Crippen LogP contribution in [-0.4, -0.2) is 36.7 Å². The van der Waals surface area contributed by atoms with E-state index in [-0.39, 0.29) is 12.1 Å². The second-order valence-corrected chi connectivity index (χ2v) is 8.86. The summed E-state index contributed by atoms with van der Waals surface area (Å²) in [7, 11) is 1.63. The van der Waals surface area contributed by atoms with Gasteiger partial charge in [-0.2, -0.15) is 5.21 Å². The number of aryl methyl sites for hydroxylation is 1. The highest BCUT2D eigenvalue weighted by Gasteiger charge is 2.14. The Bertz CT molecular complexity index is 1690. The Morgan fingerprint density at radius 2 is 1.94 bits per heavy atom. The van der Waals surface area contributed by atoms with E-state index in [1.165, 1.54) is 20.3 Å². The largest absolute Gasteiger partial charge is 0.497 e. The van der Waals surface area contributed by atoms with E-state index >= 15 is 0 Å². The van der Waals surface area contributed by atoms with Crippen molar-refractivity contribution < 1.29 is 4.74 Å². The van der Waals surface area contributed by atoms with E-state index in [0.29, 0.717) is 22.6 Å². The Morgan fingerprint density at radius 1 is 1.11 bits per heavy atom. The lowest BCUT2D eigenvalue weighted by atomic mass is 10.1. The fourth-order valence-electron chi connectivity index (χ4n) is 3.70. The first-order chi connectivity index (χ1) is 17.0. The van der Waals surface area contributed by atoms with E-state index in [9.17, 15) is 9.59 Å². The fourth-order valence-corrected chi connectivity index (χ4v) is 4.66. The number of rotatable bonds is 5. The molecule has 0 aliphatic heterocycles. The van der Waals surface area contributed by atoms with Crippen molar-refractivity contribution in [3.8, 4) is 29.0 Å². The molecular formula is C25H20N6O3S. The summed E-state index contributed by atoms with van der Waals surface area (Å²) in [6.45, 7) is 1.89. The van der Waals surface area contributed by atoms with Gasteiger partial charge >= 0.3 is 5.69 Å². The van der Waals surface area contributed by atoms with Crippen LogP contribution in [0.2, 0.25) is 0 Å². The van der Waals surface area contributed by atoms with E-state index < -0.39 is 5.69 Å². The molecule has 0 radical (unpaired) electrons. The summed E-state index contributed by atoms with van der Waals surface area (Å²) in [6.07, 6.45) is 2.25. The highest BCUT2D eigenvalue weighted by Crippen LogP contribution is 2.18. The van der Waals surface area contributed by atoms with Crippen molar-refractivity contribution in [1.82, 2.24) is 29.6 Å². The molecule has 0 bridgehead atoms. The van der Waals surface area contributed by atoms with Gasteiger partial charge in [-0.25, -0.2) is 4.79 Å². The third-order valence-corrected chi connectivity index (χ3v) is 6.66. The molecule has 35 heavy (non-hydrogen) atoms. The molecular weight excluding hydrogens is 464 g/mol. The molecule has 0 aliphatic rings. The molecule has 174 valence electrons. The molecule has 5 aromatic rings. The lowest BCUT2D eigenvalue weighted by molar-refractivity contribution is 0.414. The van der Waals surface area contributed by atoms with Gasteiger partial charge in [0.25, 0.3) is 5.56 Å². The van der Waals surface area contributed by atoms with Crippen molar-refractivity contribution in [3.05, 3.63) is 97.1 Å². The highest BCUT2D eigenvalue weighted by atomic mass is 32.1. The molecule has 5 rings (SSSR count). The van der Waals surface area contributed by atoms with Crippen LogP contribution in [0.1, 0.15) is 21.6 Å². The number of aromatic nitrogens is 6. The molecule has 0 unspecified atom stereocenters. The number of tetrazole rings is 1. The molecule has 0 spiro atoms. The van der Waals surface area contributed by atoms with Gasteiger partial charge in [0.15, 0.2) is 0 Å². The lowest BCUT2D eigenvalue weighted by Crippen LogP contribution is -2.38. The monoisotopic (exact) mass is 484 g/mol. The van der Waals surface area contributed by atoms with Crippen LogP contribution in [0, 0.1) is 18.8 Å². The van der Waals surface area contributed by atoms with E-state index in [1.54, 1.807) is 20.2 Å². The van der Waals surface area contributed by atoms with E-state index in [1.807, 2.05) is 48.5 Å². The van der Waals surface area contributed by atoms with Crippen molar-refractivity contribution in [2.45, 2.75) is 19.9 Å². The van der Waals surface area contributed by atoms with Crippen molar-refractivity contribution >= 4 is 16.2 Å². The summed E-state index contributed by atoms with van der Waals surface area (Å²) in [4.78, 5) is 27.5. The normalized spacial score (nSPS) is 10.8. The highest BCUT2D eigenvalue weighted by molar-refractivity contribution is 7.18. The van der Waals surface area contributed by atoms with Crippen LogP contribution in [-0.2, 0) is 13.0 Å². The Labute approximate surface area is 203 Å². The quantitative estimate of drug-likeness (QED) is 0.385. The number of H-pyrrole nitrogens is 1. The Morgan fingerprint density at radius 3 is 2.69 bits per heavy atom. The number of aromatic amines is 1. The molecule has 0 atom stereocenters. The van der Waals surface area contributed by atoms with Gasteiger partial charge in [-0.1, -0.05) is 48.2 Å². The van der Waals surface area contributed by atoms with Crippen molar-refractivity contribution in [3.63, 3.8) is 0 Å². The number of nitrogens with one attached hydrogen (secondary N) is 1. The average molecular weight is 485 g/mol. The molecule has 0 saturated heterocycles. The van der Waals surface area contributed by atoms with Gasteiger partial charge in [-0.3, -0.25) is 13.8 Å². The summed E-state index contributed by atoms with van der Waals surface area (Å²) in [5.41, 5.74) is 2.44. The molecule has 1 N–H and O–H groups in total. The number of thiazole rings is 1. The van der Waals surface area contributed by atoms with Crippen LogP contribution in [0.4, 0.5) is 0 Å². The molecule has 3 aromatic heterocycles. The number of hydrogen-bond donors (Lipinski definition) is 1. The van der Waals surface area contributed by atoms with Gasteiger partial charge in [0, 0.05) is 23.7 Å². The van der Waals surface area contributed by atoms with Gasteiger partial charge in [0.1, 0.15) is 10.6 Å². The first-order valence-corrected chi connectivity index (χ1v) is 11.6. The third-order valence-electron chi connectivity index (χ3n) is 5.53. The van der Waals surface area contributed by atoms with Crippen LogP contribution in [0.5, 0.6) is 5.75 Å². The SMILES string of the molecule is COc1cccc(CC#Cc2cn3c(=O)n(Cc4ccc(-c5nn[nH]n5)cc4)c(=O)c(C)c3s2)c1. The first kappa shape index (κ1) is 22.3. The van der Waals surface area contributed by atoms with Crippen LogP contribution < -0.4 is 16.0 Å². The van der Waals surface area contributed by atoms with Crippen LogP contribution in [0.3, 0.4) is 0 Å². The predicted octanol–water partition coefficient (Wildman–Crippen LogP) is 2.66. The maximum atomic E-state index is 13.2. The molecule has 0 aliphatic carbocycles. The van der Waals surface area contributed by atoms with E-state index in [4.69, 9.17) is 4.74 Å². The minimum absolute atomic E-state index is 0.153. The smallest absolute Gasteiger partial charge is 0.336 e. The number of nitrogens with zero attached hydrogens (tertiary/aromatic N) is 5. The molecule has 0 saturated carbocycles. The number of methoxy groups -OCH3 is 1. The topological polar surface area (TPSA) is 107 Å². The average Bonchev–Trinajstić information content (AvgIpc) is 3.57. The Balaban J connectivity index is 1.43. The predicted molar refractivity (Wildman–Crippen MR) is 133 cm³/mol. The zero-order valence-corrected chi connectivity index (χ0v) is 19.8. The van der Waals surface area contributed by atoms with Gasteiger partial charge < -0.3 is 4.74 Å². The number of hydrogen-bond acceptors (Lipinski definition) is 7. The molecule has 10 heteroatoms. The molecule has 3 heterocycles. The maximum Gasteiger partial charge on any atom is 0.336 e. The minimum Gasteiger partial charge on any atom is -0.497 e. The Kier molecular flexibility index (Phi) is 5.99. The summed E-state index contributed by atoms with van der Waals surface area (Å²) in [5.74, 6) is 7.52. The van der Waals surface area contributed by atoms with E-state index in [0.717, 1.165) is 27.3 Å². The van der Waals surface area contributed by atoms with Crippen LogP contribution in [0.25, 0.3) is 16.2 Å². The van der Waals surface area contributed by atoms with Crippen LogP contribution >= 0.6 is 11.3 Å². The third kappa shape index (κ3) is 4.49. The number of benzene rings is 2. The second kappa shape index (κ2) is 9.40. The summed E-state index contributed by atoms with van der Waals surface area (Å²) in [6, 6.07) is 15.1. The van der Waals surface area contributed by atoms with Crippen molar-refractivity contribution in [1.29, 1.82) is 0 Å². The minimum atomic E-state index is -0.394. The van der Waals surface area contributed by atoms with Crippen molar-refractivity contribution in [2.75, 3.05) is 7.11 Å². The maximum absolute atomic E-state index is 13.2. The summed E-state index contributed by atoms with van der Waals surface area (Å²) >= 11 is 1.34. The molecule has 0 amide bonds. The summed E-state index contributed by atoms with van der Waals surface area (Å²) < 4.78 is 7.99. The van der Waals surface area contributed by atoms with Gasteiger partial charge in [-0.15, -0.1) is 21.5 Å². The van der Waals surface area contributed by atoms with E-state index in [2.05, 4.69) is 32.5 Å². The van der Waals surface area contributed by atoms with Crippen molar-refractivity contribution in [2.24, 2.45) is 0 Å². The zero-order valence-electron chi connectivity index (χ0n) is 19.0. The molecule has 2 aromatic carbocycles. The standard InChI is InChI=1S/C25H20N6O3S/c1-16-23(32)30(14-18-9-11-19(12-10-18)22-26-28-29-27-22)25(33)31-15-21(35-24(16)31)8-4-6-17-5-3-7-20(13-17)34-2/h3,5,7,9-13,15H,6,14H2,1-2H3,(H,26,27,28,29). The van der Waals surface area contributed by atoms with Gasteiger partial charge in [0.2, 0.25) is 5.82 Å². The molecule has 0 fully saturated rings. The second-order valence-electron chi connectivity index (χ2n) is 7.83. The van der Waals surface area contributed by atoms with Gasteiger partial charge in [-0.05, 0) is 35.4 Å². The summed E-state index contributed by atoms with van der Waals surface area (Å²) in [5, 5.41) is 13.9. The lowest BCUT2D eigenvalue weighted by Gasteiger charge is -2.08. The number of ether oxygens (including phenoxy) is 1. The van der Waals surface area contributed by atoms with Gasteiger partial charge in [0.05, 0.1) is 18.5 Å². The zero-order chi connectivity index (χ0) is 24.4. The Hall–Kier alpha value is -4.49.